The fourth-order valence-corrected chi connectivity index (χ4v) is 4.37. The van der Waals surface area contributed by atoms with Crippen LogP contribution in [0.1, 0.15) is 0 Å². The van der Waals surface area contributed by atoms with Gasteiger partial charge in [0.2, 0.25) is 10.0 Å². The van der Waals surface area contributed by atoms with E-state index in [1.807, 2.05) is 0 Å². The molecule has 0 aliphatic heterocycles. The number of alkyl halides is 1. The fraction of sp³-hybridized carbons (Fsp3) is 0.357. The van der Waals surface area contributed by atoms with Crippen molar-refractivity contribution in [2.45, 2.75) is 4.90 Å². The topological polar surface area (TPSA) is 59.5 Å². The Morgan fingerprint density at radius 2 is 2.05 bits per heavy atom. The second-order valence-corrected chi connectivity index (χ2v) is 7.11. The summed E-state index contributed by atoms with van der Waals surface area (Å²) in [5.41, 5.74) is 0.670. The first-order valence-electron chi connectivity index (χ1n) is 6.50. The minimum Gasteiger partial charge on any atom is -0.383 e. The highest BCUT2D eigenvalue weighted by molar-refractivity contribution is 9.09. The molecule has 2 rings (SSSR count). The number of hydrogen-bond donors (Lipinski definition) is 0. The number of nitrogens with zero attached hydrogens (tertiary/aromatic N) is 2. The lowest BCUT2D eigenvalue weighted by Gasteiger charge is -2.21. The van der Waals surface area contributed by atoms with Crippen LogP contribution in [0.3, 0.4) is 0 Å². The maximum Gasteiger partial charge on any atom is 0.243 e. The predicted molar refractivity (Wildman–Crippen MR) is 86.2 cm³/mol. The van der Waals surface area contributed by atoms with E-state index in [9.17, 15) is 8.42 Å². The Morgan fingerprint density at radius 1 is 1.24 bits per heavy atom. The summed E-state index contributed by atoms with van der Waals surface area (Å²) in [5.74, 6) is 0. The van der Waals surface area contributed by atoms with Crippen molar-refractivity contribution in [3.63, 3.8) is 0 Å². The lowest BCUT2D eigenvalue weighted by atomic mass is 10.2. The summed E-state index contributed by atoms with van der Waals surface area (Å²) in [4.78, 5) is 4.49. The number of aromatic nitrogens is 1. The van der Waals surface area contributed by atoms with Crippen LogP contribution in [0, 0.1) is 0 Å². The van der Waals surface area contributed by atoms with Crippen LogP contribution in [0.25, 0.3) is 10.9 Å². The van der Waals surface area contributed by atoms with Crippen LogP contribution >= 0.6 is 15.9 Å². The van der Waals surface area contributed by atoms with Gasteiger partial charge in [-0.2, -0.15) is 4.31 Å². The Balaban J connectivity index is 2.49. The molecule has 1 aromatic heterocycles. The molecule has 1 heterocycles. The molecule has 0 N–H and O–H groups in total. The molecule has 0 radical (unpaired) electrons. The van der Waals surface area contributed by atoms with E-state index in [-0.39, 0.29) is 4.90 Å². The molecule has 1 aromatic carbocycles. The van der Waals surface area contributed by atoms with Crippen LogP contribution in [0.15, 0.2) is 41.4 Å². The summed E-state index contributed by atoms with van der Waals surface area (Å²) in [6.07, 6.45) is 1.65. The van der Waals surface area contributed by atoms with E-state index in [1.165, 1.54) is 4.31 Å². The third-order valence-corrected chi connectivity index (χ3v) is 5.41. The number of hydrogen-bond acceptors (Lipinski definition) is 4. The van der Waals surface area contributed by atoms with Crippen molar-refractivity contribution < 1.29 is 13.2 Å². The van der Waals surface area contributed by atoms with Gasteiger partial charge in [0.1, 0.15) is 0 Å². The Labute approximate surface area is 133 Å². The molecular formula is C14H17BrN2O3S. The molecule has 5 nitrogen and oxygen atoms in total. The minimum absolute atomic E-state index is 0.283. The van der Waals surface area contributed by atoms with Gasteiger partial charge < -0.3 is 4.74 Å². The van der Waals surface area contributed by atoms with E-state index in [1.54, 1.807) is 43.6 Å². The molecule has 114 valence electrons. The largest absolute Gasteiger partial charge is 0.383 e. The van der Waals surface area contributed by atoms with Crippen molar-refractivity contribution >= 4 is 36.9 Å². The standard InChI is InChI=1S/C14H17BrN2O3S/c1-20-11-10-17(9-7-15)21(18,19)14-6-2-5-13-12(14)4-3-8-16-13/h2-6,8H,7,9-11H2,1H3. The van der Waals surface area contributed by atoms with Crippen LogP contribution in [-0.2, 0) is 14.8 Å². The van der Waals surface area contributed by atoms with Gasteiger partial charge in [-0.25, -0.2) is 8.42 Å². The van der Waals surface area contributed by atoms with E-state index < -0.39 is 10.0 Å². The number of sulfonamides is 1. The zero-order chi connectivity index (χ0) is 15.3. The van der Waals surface area contributed by atoms with Crippen LogP contribution in [0.2, 0.25) is 0 Å². The zero-order valence-electron chi connectivity index (χ0n) is 11.7. The SMILES string of the molecule is COCCN(CCBr)S(=O)(=O)c1cccc2ncccc12. The zero-order valence-corrected chi connectivity index (χ0v) is 14.1. The first-order chi connectivity index (χ1) is 10.1. The molecule has 0 bridgehead atoms. The average Bonchev–Trinajstić information content (AvgIpc) is 2.50. The van der Waals surface area contributed by atoms with Gasteiger partial charge in [0.05, 0.1) is 17.0 Å². The molecule has 0 saturated carbocycles. The molecular weight excluding hydrogens is 356 g/mol. The molecule has 2 aromatic rings. The van der Waals surface area contributed by atoms with E-state index in [0.717, 1.165) is 0 Å². The van der Waals surface area contributed by atoms with Gasteiger partial charge in [-0.3, -0.25) is 4.98 Å². The van der Waals surface area contributed by atoms with Crippen molar-refractivity contribution in [1.29, 1.82) is 0 Å². The third-order valence-electron chi connectivity index (χ3n) is 3.10. The number of rotatable bonds is 7. The quantitative estimate of drug-likeness (QED) is 0.699. The van der Waals surface area contributed by atoms with Gasteiger partial charge in [-0.05, 0) is 24.3 Å². The highest BCUT2D eigenvalue weighted by atomic mass is 79.9. The van der Waals surface area contributed by atoms with Gasteiger partial charge in [-0.1, -0.05) is 22.0 Å². The predicted octanol–water partition coefficient (Wildman–Crippen LogP) is 2.27. The van der Waals surface area contributed by atoms with E-state index >= 15 is 0 Å². The van der Waals surface area contributed by atoms with Gasteiger partial charge in [0.15, 0.2) is 0 Å². The minimum atomic E-state index is -3.58. The lowest BCUT2D eigenvalue weighted by Crippen LogP contribution is -2.35. The van der Waals surface area contributed by atoms with Crippen molar-refractivity contribution in [1.82, 2.24) is 9.29 Å². The highest BCUT2D eigenvalue weighted by Crippen LogP contribution is 2.24. The Morgan fingerprint density at radius 3 is 2.76 bits per heavy atom. The van der Waals surface area contributed by atoms with Crippen molar-refractivity contribution in [2.24, 2.45) is 0 Å². The lowest BCUT2D eigenvalue weighted by molar-refractivity contribution is 0.181. The molecule has 7 heteroatoms. The van der Waals surface area contributed by atoms with Crippen molar-refractivity contribution in [2.75, 3.05) is 32.1 Å². The van der Waals surface area contributed by atoms with Gasteiger partial charge in [0.25, 0.3) is 0 Å². The Kier molecular flexibility index (Phi) is 5.69. The van der Waals surface area contributed by atoms with Gasteiger partial charge in [-0.15, -0.1) is 0 Å². The molecule has 0 aliphatic rings. The summed E-state index contributed by atoms with van der Waals surface area (Å²) < 4.78 is 32.2. The molecule has 0 fully saturated rings. The van der Waals surface area contributed by atoms with Crippen LogP contribution in [0.5, 0.6) is 0 Å². The third kappa shape index (κ3) is 3.60. The summed E-state index contributed by atoms with van der Waals surface area (Å²) in [7, 11) is -2.02. The maximum absolute atomic E-state index is 12.9. The smallest absolute Gasteiger partial charge is 0.243 e. The van der Waals surface area contributed by atoms with Crippen molar-refractivity contribution in [3.05, 3.63) is 36.5 Å². The number of pyridine rings is 1. The Hall–Kier alpha value is -1.02. The monoisotopic (exact) mass is 372 g/mol. The molecule has 21 heavy (non-hydrogen) atoms. The highest BCUT2D eigenvalue weighted by Gasteiger charge is 2.25. The normalized spacial score (nSPS) is 12.1. The Bertz CT molecular complexity index is 701. The van der Waals surface area contributed by atoms with Crippen LogP contribution < -0.4 is 0 Å². The molecule has 0 aliphatic carbocycles. The number of fused-ring (bicyclic) bond motifs is 1. The summed E-state index contributed by atoms with van der Waals surface area (Å²) in [6.45, 7) is 1.07. The number of benzene rings is 1. The number of ether oxygens (including phenoxy) is 1. The number of methoxy groups -OCH3 is 1. The number of halogens is 1. The van der Waals surface area contributed by atoms with Gasteiger partial charge in [0, 0.05) is 37.1 Å². The molecule has 0 saturated heterocycles. The molecule has 0 spiro atoms. The van der Waals surface area contributed by atoms with Crippen LogP contribution in [0.4, 0.5) is 0 Å². The van der Waals surface area contributed by atoms with E-state index in [2.05, 4.69) is 20.9 Å². The van der Waals surface area contributed by atoms with E-state index in [0.29, 0.717) is 35.9 Å². The maximum atomic E-state index is 12.9. The molecule has 0 unspecified atom stereocenters. The second-order valence-electron chi connectivity index (χ2n) is 4.41. The van der Waals surface area contributed by atoms with E-state index in [4.69, 9.17) is 4.74 Å². The van der Waals surface area contributed by atoms with Crippen molar-refractivity contribution in [3.8, 4) is 0 Å². The first kappa shape index (κ1) is 16.4. The summed E-state index contributed by atoms with van der Waals surface area (Å²) >= 11 is 3.30. The van der Waals surface area contributed by atoms with Crippen LogP contribution in [-0.4, -0.2) is 49.8 Å². The van der Waals surface area contributed by atoms with Gasteiger partial charge >= 0.3 is 0 Å². The first-order valence-corrected chi connectivity index (χ1v) is 9.06. The summed E-state index contributed by atoms with van der Waals surface area (Å²) in [5, 5.41) is 1.20. The molecule has 0 atom stereocenters. The average molecular weight is 373 g/mol. The summed E-state index contributed by atoms with van der Waals surface area (Å²) in [6, 6.07) is 8.65. The second kappa shape index (κ2) is 7.31. The fourth-order valence-electron chi connectivity index (χ4n) is 2.08. The molecule has 0 amide bonds.